The van der Waals surface area contributed by atoms with Crippen LogP contribution in [0.25, 0.3) is 5.57 Å². The van der Waals surface area contributed by atoms with Gasteiger partial charge in [-0.15, -0.1) is 0 Å². The lowest BCUT2D eigenvalue weighted by atomic mass is 10.1. The number of hydrogen-bond donors (Lipinski definition) is 0. The van der Waals surface area contributed by atoms with Crippen molar-refractivity contribution in [1.29, 1.82) is 0 Å². The van der Waals surface area contributed by atoms with Gasteiger partial charge in [0.25, 0.3) is 0 Å². The van der Waals surface area contributed by atoms with Crippen molar-refractivity contribution in [2.24, 2.45) is 0 Å². The molecule has 0 fully saturated rings. The van der Waals surface area contributed by atoms with Crippen molar-refractivity contribution in [3.05, 3.63) is 58.9 Å². The summed E-state index contributed by atoms with van der Waals surface area (Å²) in [6.45, 7) is 0. The van der Waals surface area contributed by atoms with Gasteiger partial charge < -0.3 is 0 Å². The van der Waals surface area contributed by atoms with E-state index in [1.165, 1.54) is 0 Å². The van der Waals surface area contributed by atoms with Crippen LogP contribution in [-0.4, -0.2) is 4.98 Å². The van der Waals surface area contributed by atoms with Gasteiger partial charge in [-0.3, -0.25) is 4.98 Å². The SMILES string of the molecule is BrC1=CCC=CC=C1c1ccccn1. The Morgan fingerprint density at radius 3 is 3.00 bits per heavy atom. The smallest absolute Gasteiger partial charge is 0.0713 e. The molecule has 0 bridgehead atoms. The maximum atomic E-state index is 4.32. The lowest BCUT2D eigenvalue weighted by molar-refractivity contribution is 1.28. The first-order valence-corrected chi connectivity index (χ1v) is 5.31. The van der Waals surface area contributed by atoms with Gasteiger partial charge in [0.05, 0.1) is 5.69 Å². The minimum absolute atomic E-state index is 0.966. The van der Waals surface area contributed by atoms with E-state index in [0.29, 0.717) is 0 Å². The Labute approximate surface area is 92.0 Å². The normalized spacial score (nSPS) is 15.8. The standard InChI is InChI=1S/C12H10BrN/c13-11-7-3-1-2-6-10(11)12-8-4-5-9-14-12/h1-2,4-9H,3H2. The minimum atomic E-state index is 0.966. The average Bonchev–Trinajstić information content (AvgIpc) is 2.44. The molecule has 0 unspecified atom stereocenters. The van der Waals surface area contributed by atoms with Gasteiger partial charge in [-0.2, -0.15) is 0 Å². The van der Waals surface area contributed by atoms with Crippen molar-refractivity contribution in [3.8, 4) is 0 Å². The molecular formula is C12H10BrN. The quantitative estimate of drug-likeness (QED) is 0.738. The van der Waals surface area contributed by atoms with Crippen LogP contribution in [0.4, 0.5) is 0 Å². The van der Waals surface area contributed by atoms with Gasteiger partial charge in [-0.1, -0.05) is 46.3 Å². The van der Waals surface area contributed by atoms with E-state index in [9.17, 15) is 0 Å². The Morgan fingerprint density at radius 2 is 2.21 bits per heavy atom. The van der Waals surface area contributed by atoms with Crippen LogP contribution in [0.1, 0.15) is 12.1 Å². The Bertz CT molecular complexity index is 402. The fourth-order valence-electron chi connectivity index (χ4n) is 1.33. The second-order valence-electron chi connectivity index (χ2n) is 3.01. The van der Waals surface area contributed by atoms with Crippen molar-refractivity contribution in [2.45, 2.75) is 6.42 Å². The summed E-state index contributed by atoms with van der Waals surface area (Å²) >= 11 is 3.55. The molecule has 1 aromatic rings. The molecule has 0 saturated carbocycles. The first-order valence-electron chi connectivity index (χ1n) is 4.52. The van der Waals surface area contributed by atoms with Crippen LogP contribution in [0.2, 0.25) is 0 Å². The molecular weight excluding hydrogens is 238 g/mol. The molecule has 0 aliphatic heterocycles. The minimum Gasteiger partial charge on any atom is -0.256 e. The van der Waals surface area contributed by atoms with E-state index in [2.05, 4.69) is 45.2 Å². The van der Waals surface area contributed by atoms with Crippen LogP contribution in [0.5, 0.6) is 0 Å². The molecule has 0 atom stereocenters. The summed E-state index contributed by atoms with van der Waals surface area (Å²) in [4.78, 5) is 4.32. The molecule has 0 spiro atoms. The summed E-state index contributed by atoms with van der Waals surface area (Å²) in [6.07, 6.45) is 11.2. The molecule has 1 heterocycles. The van der Waals surface area contributed by atoms with Crippen LogP contribution < -0.4 is 0 Å². The number of allylic oxidation sites excluding steroid dienone is 6. The summed E-state index contributed by atoms with van der Waals surface area (Å²) in [6, 6.07) is 5.94. The van der Waals surface area contributed by atoms with Crippen molar-refractivity contribution >= 4 is 21.5 Å². The molecule has 0 radical (unpaired) electrons. The Hall–Kier alpha value is -1.15. The summed E-state index contributed by atoms with van der Waals surface area (Å²) in [5.41, 5.74) is 2.14. The molecule has 2 heteroatoms. The molecule has 1 aliphatic rings. The highest BCUT2D eigenvalue weighted by molar-refractivity contribution is 9.12. The Morgan fingerprint density at radius 1 is 1.29 bits per heavy atom. The lowest BCUT2D eigenvalue weighted by Crippen LogP contribution is -1.87. The van der Waals surface area contributed by atoms with Crippen LogP contribution in [-0.2, 0) is 0 Å². The van der Waals surface area contributed by atoms with Crippen LogP contribution >= 0.6 is 15.9 Å². The second-order valence-corrected chi connectivity index (χ2v) is 3.87. The summed E-state index contributed by atoms with van der Waals surface area (Å²) in [5, 5.41) is 0. The van der Waals surface area contributed by atoms with E-state index >= 15 is 0 Å². The summed E-state index contributed by atoms with van der Waals surface area (Å²) in [7, 11) is 0. The predicted molar refractivity (Wildman–Crippen MR) is 63.0 cm³/mol. The third-order valence-electron chi connectivity index (χ3n) is 2.03. The molecule has 0 N–H and O–H groups in total. The van der Waals surface area contributed by atoms with Gasteiger partial charge in [-0.05, 0) is 18.6 Å². The van der Waals surface area contributed by atoms with Crippen LogP contribution in [0.3, 0.4) is 0 Å². The fraction of sp³-hybridized carbons (Fsp3) is 0.0833. The zero-order chi connectivity index (χ0) is 9.80. The first-order chi connectivity index (χ1) is 6.88. The first kappa shape index (κ1) is 9.41. The summed E-state index contributed by atoms with van der Waals surface area (Å²) < 4.78 is 1.11. The molecule has 2 rings (SSSR count). The maximum absolute atomic E-state index is 4.32. The Kier molecular flexibility index (Phi) is 2.94. The fourth-order valence-corrected chi connectivity index (χ4v) is 1.86. The van der Waals surface area contributed by atoms with Gasteiger partial charge in [0.15, 0.2) is 0 Å². The second kappa shape index (κ2) is 4.38. The highest BCUT2D eigenvalue weighted by Gasteiger charge is 2.05. The van der Waals surface area contributed by atoms with Gasteiger partial charge in [0, 0.05) is 16.3 Å². The third-order valence-corrected chi connectivity index (χ3v) is 2.78. The monoisotopic (exact) mass is 247 g/mol. The highest BCUT2D eigenvalue weighted by Crippen LogP contribution is 2.28. The molecule has 0 amide bonds. The molecule has 0 saturated heterocycles. The topological polar surface area (TPSA) is 12.9 Å². The van der Waals surface area contributed by atoms with Gasteiger partial charge in [0.2, 0.25) is 0 Å². The zero-order valence-electron chi connectivity index (χ0n) is 7.65. The number of halogens is 1. The molecule has 0 aromatic carbocycles. The molecule has 14 heavy (non-hydrogen) atoms. The van der Waals surface area contributed by atoms with Crippen LogP contribution in [0.15, 0.2) is 53.2 Å². The number of rotatable bonds is 1. The molecule has 1 aromatic heterocycles. The zero-order valence-corrected chi connectivity index (χ0v) is 9.24. The summed E-state index contributed by atoms with van der Waals surface area (Å²) in [5.74, 6) is 0. The van der Waals surface area contributed by atoms with E-state index in [1.54, 1.807) is 0 Å². The van der Waals surface area contributed by atoms with Crippen molar-refractivity contribution in [2.75, 3.05) is 0 Å². The predicted octanol–water partition coefficient (Wildman–Crippen LogP) is 3.70. The van der Waals surface area contributed by atoms with Gasteiger partial charge >= 0.3 is 0 Å². The molecule has 1 nitrogen and oxygen atoms in total. The van der Waals surface area contributed by atoms with E-state index in [0.717, 1.165) is 22.2 Å². The molecule has 70 valence electrons. The number of nitrogens with zero attached hydrogens (tertiary/aromatic N) is 1. The Balaban J connectivity index is 2.43. The van der Waals surface area contributed by atoms with E-state index in [1.807, 2.05) is 24.4 Å². The lowest BCUT2D eigenvalue weighted by Gasteiger charge is -2.03. The third kappa shape index (κ3) is 2.02. The van der Waals surface area contributed by atoms with Crippen molar-refractivity contribution in [1.82, 2.24) is 4.98 Å². The highest BCUT2D eigenvalue weighted by atomic mass is 79.9. The van der Waals surface area contributed by atoms with Gasteiger partial charge in [0.1, 0.15) is 0 Å². The average molecular weight is 248 g/mol. The van der Waals surface area contributed by atoms with Crippen molar-refractivity contribution < 1.29 is 0 Å². The number of hydrogen-bond acceptors (Lipinski definition) is 1. The van der Waals surface area contributed by atoms with E-state index < -0.39 is 0 Å². The maximum Gasteiger partial charge on any atom is 0.0713 e. The number of pyridine rings is 1. The van der Waals surface area contributed by atoms with Crippen molar-refractivity contribution in [3.63, 3.8) is 0 Å². The van der Waals surface area contributed by atoms with E-state index in [-0.39, 0.29) is 0 Å². The van der Waals surface area contributed by atoms with Gasteiger partial charge in [-0.25, -0.2) is 0 Å². The van der Waals surface area contributed by atoms with Crippen LogP contribution in [0, 0.1) is 0 Å². The number of aromatic nitrogens is 1. The molecule has 1 aliphatic carbocycles. The van der Waals surface area contributed by atoms with E-state index in [4.69, 9.17) is 0 Å². The largest absolute Gasteiger partial charge is 0.256 e.